The Hall–Kier alpha value is -1.36. The van der Waals surface area contributed by atoms with E-state index in [2.05, 4.69) is 33.1 Å². The average Bonchev–Trinajstić information content (AvgIpc) is 2.32. The Morgan fingerprint density at radius 2 is 2.28 bits per heavy atom. The second kappa shape index (κ2) is 6.54. The summed E-state index contributed by atoms with van der Waals surface area (Å²) in [6.07, 6.45) is 1.62. The molecule has 0 saturated carbocycles. The molecule has 0 spiro atoms. The molecule has 1 aromatic rings. The van der Waals surface area contributed by atoms with Gasteiger partial charge in [-0.25, -0.2) is 4.39 Å². The summed E-state index contributed by atoms with van der Waals surface area (Å²) in [5.74, 6) is -0.448. The summed E-state index contributed by atoms with van der Waals surface area (Å²) in [5.41, 5.74) is 1.48. The molecule has 0 saturated heterocycles. The number of amides is 1. The van der Waals surface area contributed by atoms with Crippen molar-refractivity contribution in [1.82, 2.24) is 5.32 Å². The van der Waals surface area contributed by atoms with Crippen molar-refractivity contribution < 1.29 is 9.18 Å². The van der Waals surface area contributed by atoms with Gasteiger partial charge >= 0.3 is 0 Å². The Morgan fingerprint density at radius 1 is 1.61 bits per heavy atom. The van der Waals surface area contributed by atoms with Gasteiger partial charge in [0.2, 0.25) is 5.91 Å². The Morgan fingerprint density at radius 3 is 2.89 bits per heavy atom. The van der Waals surface area contributed by atoms with Crippen molar-refractivity contribution >= 4 is 27.5 Å². The quantitative estimate of drug-likeness (QED) is 0.820. The fourth-order valence-corrected chi connectivity index (χ4v) is 1.77. The number of aryl methyl sites for hydroxylation is 1. The van der Waals surface area contributed by atoms with Gasteiger partial charge in [0.1, 0.15) is 11.9 Å². The topological polar surface area (TPSA) is 41.1 Å². The predicted octanol–water partition coefficient (Wildman–Crippen LogP) is 3.00. The van der Waals surface area contributed by atoms with Gasteiger partial charge in [0.25, 0.3) is 0 Å². The van der Waals surface area contributed by atoms with E-state index in [1.54, 1.807) is 26.0 Å². The maximum absolute atomic E-state index is 13.3. The normalized spacial score (nSPS) is 11.8. The lowest BCUT2D eigenvalue weighted by molar-refractivity contribution is -0.121. The van der Waals surface area contributed by atoms with Crippen LogP contribution in [0.15, 0.2) is 29.3 Å². The number of anilines is 1. The van der Waals surface area contributed by atoms with E-state index in [1.807, 2.05) is 0 Å². The number of carbonyl (C=O) groups is 1. The molecule has 5 heteroatoms. The van der Waals surface area contributed by atoms with Crippen LogP contribution in [-0.4, -0.2) is 18.5 Å². The smallest absolute Gasteiger partial charge is 0.242 e. The molecule has 3 nitrogen and oxygen atoms in total. The Bertz CT molecular complexity index is 463. The molecule has 1 rings (SSSR count). The lowest BCUT2D eigenvalue weighted by atomic mass is 10.1. The summed E-state index contributed by atoms with van der Waals surface area (Å²) >= 11 is 3.12. The molecule has 0 radical (unpaired) electrons. The van der Waals surface area contributed by atoms with Crippen molar-refractivity contribution in [1.29, 1.82) is 0 Å². The van der Waals surface area contributed by atoms with Gasteiger partial charge in [-0.05, 0) is 47.5 Å². The van der Waals surface area contributed by atoms with E-state index in [9.17, 15) is 9.18 Å². The van der Waals surface area contributed by atoms with E-state index in [1.165, 1.54) is 6.07 Å². The van der Waals surface area contributed by atoms with E-state index >= 15 is 0 Å². The molecular weight excluding hydrogens is 299 g/mol. The molecular formula is C13H16BrFN2O. The average molecular weight is 315 g/mol. The van der Waals surface area contributed by atoms with Crippen molar-refractivity contribution in [3.8, 4) is 0 Å². The largest absolute Gasteiger partial charge is 0.374 e. The van der Waals surface area contributed by atoms with Crippen LogP contribution in [0.2, 0.25) is 0 Å². The molecule has 0 aliphatic carbocycles. The van der Waals surface area contributed by atoms with Gasteiger partial charge in [-0.2, -0.15) is 0 Å². The number of benzene rings is 1. The minimum absolute atomic E-state index is 0.130. The highest BCUT2D eigenvalue weighted by atomic mass is 79.9. The van der Waals surface area contributed by atoms with Gasteiger partial charge in [0.05, 0.1) is 4.47 Å². The molecule has 0 bridgehead atoms. The van der Waals surface area contributed by atoms with Crippen LogP contribution in [0.1, 0.15) is 12.5 Å². The maximum atomic E-state index is 13.3. The van der Waals surface area contributed by atoms with Crippen LogP contribution in [0, 0.1) is 12.7 Å². The molecule has 1 aromatic carbocycles. The summed E-state index contributed by atoms with van der Waals surface area (Å²) in [4.78, 5) is 11.7. The summed E-state index contributed by atoms with van der Waals surface area (Å²) in [6.45, 7) is 7.49. The first-order valence-electron chi connectivity index (χ1n) is 5.56. The summed E-state index contributed by atoms with van der Waals surface area (Å²) in [7, 11) is 0. The van der Waals surface area contributed by atoms with Crippen LogP contribution < -0.4 is 10.6 Å². The van der Waals surface area contributed by atoms with Gasteiger partial charge in [-0.15, -0.1) is 6.58 Å². The van der Waals surface area contributed by atoms with Crippen LogP contribution in [0.25, 0.3) is 0 Å². The summed E-state index contributed by atoms with van der Waals surface area (Å²) in [5, 5.41) is 5.74. The predicted molar refractivity (Wildman–Crippen MR) is 75.1 cm³/mol. The van der Waals surface area contributed by atoms with Crippen LogP contribution in [0.4, 0.5) is 10.1 Å². The molecule has 0 aliphatic heterocycles. The minimum Gasteiger partial charge on any atom is -0.374 e. The zero-order chi connectivity index (χ0) is 13.7. The molecule has 1 unspecified atom stereocenters. The lowest BCUT2D eigenvalue weighted by Gasteiger charge is -2.17. The fraction of sp³-hybridized carbons (Fsp3) is 0.308. The number of rotatable bonds is 5. The van der Waals surface area contributed by atoms with E-state index in [0.29, 0.717) is 11.0 Å². The maximum Gasteiger partial charge on any atom is 0.242 e. The van der Waals surface area contributed by atoms with Crippen LogP contribution in [0.3, 0.4) is 0 Å². The van der Waals surface area contributed by atoms with E-state index in [-0.39, 0.29) is 11.7 Å². The van der Waals surface area contributed by atoms with Gasteiger partial charge in [-0.1, -0.05) is 6.08 Å². The third-order valence-electron chi connectivity index (χ3n) is 2.45. The first-order chi connectivity index (χ1) is 8.45. The van der Waals surface area contributed by atoms with Gasteiger partial charge in [0.15, 0.2) is 0 Å². The van der Waals surface area contributed by atoms with Crippen molar-refractivity contribution in [3.63, 3.8) is 0 Å². The molecule has 1 atom stereocenters. The van der Waals surface area contributed by atoms with E-state index < -0.39 is 6.04 Å². The third kappa shape index (κ3) is 3.84. The van der Waals surface area contributed by atoms with Crippen molar-refractivity contribution in [3.05, 3.63) is 40.6 Å². The zero-order valence-corrected chi connectivity index (χ0v) is 12.0. The van der Waals surface area contributed by atoms with Crippen LogP contribution >= 0.6 is 15.9 Å². The second-order valence-electron chi connectivity index (χ2n) is 3.98. The van der Waals surface area contributed by atoms with Crippen LogP contribution in [-0.2, 0) is 4.79 Å². The molecule has 1 amide bonds. The minimum atomic E-state index is -0.402. The fourth-order valence-electron chi connectivity index (χ4n) is 1.43. The van der Waals surface area contributed by atoms with Gasteiger partial charge in [-0.3, -0.25) is 4.79 Å². The highest BCUT2D eigenvalue weighted by Crippen LogP contribution is 2.24. The van der Waals surface area contributed by atoms with Crippen molar-refractivity contribution in [2.75, 3.05) is 11.9 Å². The van der Waals surface area contributed by atoms with Crippen molar-refractivity contribution in [2.45, 2.75) is 19.9 Å². The SMILES string of the molecule is C=CCNC(=O)C(C)Nc1cc(Br)c(F)cc1C. The molecule has 0 aliphatic rings. The number of hydrogen-bond donors (Lipinski definition) is 2. The number of carbonyl (C=O) groups excluding carboxylic acids is 1. The second-order valence-corrected chi connectivity index (χ2v) is 4.84. The molecule has 0 fully saturated rings. The number of nitrogens with one attached hydrogen (secondary N) is 2. The molecule has 0 heterocycles. The Kier molecular flexibility index (Phi) is 5.34. The number of hydrogen-bond acceptors (Lipinski definition) is 2. The Balaban J connectivity index is 2.75. The van der Waals surface area contributed by atoms with Gasteiger partial charge < -0.3 is 10.6 Å². The highest BCUT2D eigenvalue weighted by Gasteiger charge is 2.13. The molecule has 0 aromatic heterocycles. The van der Waals surface area contributed by atoms with E-state index in [4.69, 9.17) is 0 Å². The third-order valence-corrected chi connectivity index (χ3v) is 3.06. The summed E-state index contributed by atoms with van der Waals surface area (Å²) < 4.78 is 13.6. The first-order valence-corrected chi connectivity index (χ1v) is 6.35. The lowest BCUT2D eigenvalue weighted by Crippen LogP contribution is -2.37. The monoisotopic (exact) mass is 314 g/mol. The molecule has 18 heavy (non-hydrogen) atoms. The summed E-state index contributed by atoms with van der Waals surface area (Å²) in [6, 6.07) is 2.64. The zero-order valence-electron chi connectivity index (χ0n) is 10.4. The van der Waals surface area contributed by atoms with Gasteiger partial charge in [0, 0.05) is 12.2 Å². The molecule has 98 valence electrons. The molecule has 2 N–H and O–H groups in total. The van der Waals surface area contributed by atoms with E-state index in [0.717, 1.165) is 11.3 Å². The standard InChI is InChI=1S/C13H16BrFN2O/c1-4-5-16-13(18)9(3)17-12-7-10(14)11(15)6-8(12)2/h4,6-7,9,17H,1,5H2,2-3H3,(H,16,18). The van der Waals surface area contributed by atoms with Crippen LogP contribution in [0.5, 0.6) is 0 Å². The number of halogens is 2. The highest BCUT2D eigenvalue weighted by molar-refractivity contribution is 9.10. The Labute approximate surface area is 115 Å². The van der Waals surface area contributed by atoms with Crippen molar-refractivity contribution in [2.24, 2.45) is 0 Å². The first kappa shape index (κ1) is 14.7.